The molecule has 0 radical (unpaired) electrons. The quantitative estimate of drug-likeness (QED) is 0.830. The minimum absolute atomic E-state index is 0.0782. The molecule has 158 valence electrons. The highest BCUT2D eigenvalue weighted by molar-refractivity contribution is 5.82. The van der Waals surface area contributed by atoms with Crippen LogP contribution < -0.4 is 5.32 Å². The molecule has 2 amide bonds. The molecule has 1 aliphatic heterocycles. The smallest absolute Gasteiger partial charge is 0.225 e. The summed E-state index contributed by atoms with van der Waals surface area (Å²) in [5, 5.41) is 3.08. The van der Waals surface area contributed by atoms with Crippen LogP contribution in [-0.2, 0) is 20.4 Å². The van der Waals surface area contributed by atoms with E-state index in [4.69, 9.17) is 0 Å². The molecule has 0 bridgehead atoms. The first-order valence-electron chi connectivity index (χ1n) is 11.3. The first-order chi connectivity index (χ1) is 13.6. The number of benzene rings is 1. The SMILES string of the molecule is CCC(=O)N[C@]1(C)C[C@H](C(=O)N2CCC3(c4ccc(C(C)(C)C)cc4)CC3C2)C1. The molecule has 2 saturated carbocycles. The molecule has 1 N–H and O–H groups in total. The van der Waals surface area contributed by atoms with Crippen LogP contribution in [0, 0.1) is 11.8 Å². The monoisotopic (exact) mass is 396 g/mol. The lowest BCUT2D eigenvalue weighted by Crippen LogP contribution is -2.59. The number of nitrogens with one attached hydrogen (secondary N) is 1. The number of hydrogen-bond acceptors (Lipinski definition) is 2. The molecular weight excluding hydrogens is 360 g/mol. The van der Waals surface area contributed by atoms with Gasteiger partial charge in [-0.15, -0.1) is 0 Å². The van der Waals surface area contributed by atoms with Crippen LogP contribution in [-0.4, -0.2) is 35.3 Å². The summed E-state index contributed by atoms with van der Waals surface area (Å²) >= 11 is 0. The van der Waals surface area contributed by atoms with Crippen molar-refractivity contribution in [1.82, 2.24) is 10.2 Å². The lowest BCUT2D eigenvalue weighted by molar-refractivity contribution is -0.144. The molecule has 0 spiro atoms. The van der Waals surface area contributed by atoms with Gasteiger partial charge in [-0.3, -0.25) is 9.59 Å². The Hall–Kier alpha value is -1.84. The first kappa shape index (κ1) is 20.4. The second kappa shape index (κ2) is 6.85. The average Bonchev–Trinajstić information content (AvgIpc) is 3.39. The van der Waals surface area contributed by atoms with Crippen LogP contribution in [0.15, 0.2) is 24.3 Å². The summed E-state index contributed by atoms with van der Waals surface area (Å²) in [4.78, 5) is 26.8. The van der Waals surface area contributed by atoms with E-state index in [0.29, 0.717) is 23.7 Å². The third kappa shape index (κ3) is 3.71. The van der Waals surface area contributed by atoms with Crippen molar-refractivity contribution >= 4 is 11.8 Å². The van der Waals surface area contributed by atoms with Gasteiger partial charge >= 0.3 is 0 Å². The average molecular weight is 397 g/mol. The Morgan fingerprint density at radius 1 is 1.14 bits per heavy atom. The zero-order valence-corrected chi connectivity index (χ0v) is 18.7. The molecule has 0 aromatic heterocycles. The fourth-order valence-electron chi connectivity index (χ4n) is 5.61. The molecule has 4 nitrogen and oxygen atoms in total. The summed E-state index contributed by atoms with van der Waals surface area (Å²) in [5.41, 5.74) is 3.13. The Bertz CT molecular complexity index is 801. The first-order valence-corrected chi connectivity index (χ1v) is 11.3. The summed E-state index contributed by atoms with van der Waals surface area (Å²) in [6, 6.07) is 9.23. The van der Waals surface area contributed by atoms with Gasteiger partial charge in [0.1, 0.15) is 0 Å². The lowest BCUT2D eigenvalue weighted by Gasteiger charge is -2.47. The van der Waals surface area contributed by atoms with Crippen LogP contribution in [0.5, 0.6) is 0 Å². The molecule has 1 aromatic carbocycles. The lowest BCUT2D eigenvalue weighted by atomic mass is 9.68. The van der Waals surface area contributed by atoms with E-state index in [1.165, 1.54) is 17.5 Å². The molecule has 2 unspecified atom stereocenters. The van der Waals surface area contributed by atoms with Crippen molar-refractivity contribution in [2.45, 2.75) is 83.1 Å². The second-order valence-electron chi connectivity index (χ2n) is 11.0. The topological polar surface area (TPSA) is 49.4 Å². The summed E-state index contributed by atoms with van der Waals surface area (Å²) in [6.45, 7) is 12.5. The largest absolute Gasteiger partial charge is 0.351 e. The van der Waals surface area contributed by atoms with Gasteiger partial charge in [-0.2, -0.15) is 0 Å². The van der Waals surface area contributed by atoms with Crippen molar-refractivity contribution in [2.24, 2.45) is 11.8 Å². The fraction of sp³-hybridized carbons (Fsp3) is 0.680. The summed E-state index contributed by atoms with van der Waals surface area (Å²) in [6.07, 6.45) is 4.34. The predicted molar refractivity (Wildman–Crippen MR) is 116 cm³/mol. The number of nitrogens with zero attached hydrogens (tertiary/aromatic N) is 1. The van der Waals surface area contributed by atoms with Crippen molar-refractivity contribution in [3.63, 3.8) is 0 Å². The van der Waals surface area contributed by atoms with Gasteiger partial charge in [0, 0.05) is 36.4 Å². The van der Waals surface area contributed by atoms with E-state index >= 15 is 0 Å². The molecule has 4 heteroatoms. The van der Waals surface area contributed by atoms with Crippen molar-refractivity contribution in [3.05, 3.63) is 35.4 Å². The molecule has 3 aliphatic rings. The summed E-state index contributed by atoms with van der Waals surface area (Å²) in [7, 11) is 0. The van der Waals surface area contributed by atoms with Crippen LogP contribution in [0.3, 0.4) is 0 Å². The summed E-state index contributed by atoms with van der Waals surface area (Å²) in [5.74, 6) is 1.06. The number of likely N-dealkylation sites (tertiary alicyclic amines) is 1. The van der Waals surface area contributed by atoms with Crippen LogP contribution in [0.1, 0.15) is 77.8 Å². The van der Waals surface area contributed by atoms with E-state index < -0.39 is 0 Å². The molecule has 2 atom stereocenters. The number of fused-ring (bicyclic) bond motifs is 1. The van der Waals surface area contributed by atoms with Crippen molar-refractivity contribution in [1.29, 1.82) is 0 Å². The van der Waals surface area contributed by atoms with Gasteiger partial charge in [0.25, 0.3) is 0 Å². The highest BCUT2D eigenvalue weighted by Crippen LogP contribution is 2.59. The third-order valence-electron chi connectivity index (χ3n) is 7.64. The van der Waals surface area contributed by atoms with E-state index in [0.717, 1.165) is 32.4 Å². The number of rotatable bonds is 4. The second-order valence-corrected chi connectivity index (χ2v) is 11.0. The van der Waals surface area contributed by atoms with Gasteiger partial charge < -0.3 is 10.2 Å². The Labute approximate surface area is 175 Å². The number of hydrogen-bond donors (Lipinski definition) is 1. The minimum atomic E-state index is -0.193. The summed E-state index contributed by atoms with van der Waals surface area (Å²) < 4.78 is 0. The zero-order chi connectivity index (χ0) is 21.0. The van der Waals surface area contributed by atoms with Gasteiger partial charge in [-0.1, -0.05) is 52.0 Å². The van der Waals surface area contributed by atoms with E-state index in [1.807, 2.05) is 6.92 Å². The predicted octanol–water partition coefficient (Wildman–Crippen LogP) is 4.17. The third-order valence-corrected chi connectivity index (χ3v) is 7.64. The molecule has 3 fully saturated rings. The molecule has 29 heavy (non-hydrogen) atoms. The molecular formula is C25H36N2O2. The highest BCUT2D eigenvalue weighted by atomic mass is 16.2. The zero-order valence-electron chi connectivity index (χ0n) is 18.7. The normalized spacial score (nSPS) is 33.5. The maximum absolute atomic E-state index is 13.0. The van der Waals surface area contributed by atoms with E-state index in [9.17, 15) is 9.59 Å². The van der Waals surface area contributed by atoms with Crippen LogP contribution in [0.25, 0.3) is 0 Å². The van der Waals surface area contributed by atoms with Crippen molar-refractivity contribution < 1.29 is 9.59 Å². The van der Waals surface area contributed by atoms with E-state index in [2.05, 4.69) is 62.2 Å². The van der Waals surface area contributed by atoms with Crippen molar-refractivity contribution in [3.8, 4) is 0 Å². The number of carbonyl (C=O) groups excluding carboxylic acids is 2. The fourth-order valence-corrected chi connectivity index (χ4v) is 5.61. The number of amides is 2. The maximum atomic E-state index is 13.0. The highest BCUT2D eigenvalue weighted by Gasteiger charge is 2.58. The maximum Gasteiger partial charge on any atom is 0.225 e. The number of carbonyl (C=O) groups is 2. The van der Waals surface area contributed by atoms with Gasteiger partial charge in [-0.25, -0.2) is 0 Å². The van der Waals surface area contributed by atoms with Gasteiger partial charge in [-0.05, 0) is 55.1 Å². The van der Waals surface area contributed by atoms with Gasteiger partial charge in [0.05, 0.1) is 0 Å². The minimum Gasteiger partial charge on any atom is -0.351 e. The molecule has 1 heterocycles. The van der Waals surface area contributed by atoms with E-state index in [1.54, 1.807) is 0 Å². The Morgan fingerprint density at radius 3 is 2.34 bits per heavy atom. The molecule has 2 aliphatic carbocycles. The van der Waals surface area contributed by atoms with Crippen LogP contribution >= 0.6 is 0 Å². The number of piperidine rings is 1. The molecule has 1 aromatic rings. The molecule has 1 saturated heterocycles. The standard InChI is InChI=1S/C25H36N2O2/c1-6-21(28)26-24(5)13-17(14-24)22(29)27-12-11-25(15-20(25)16-27)19-9-7-18(8-10-19)23(2,3)4/h7-10,17,20H,6,11-16H2,1-5H3,(H,26,28)/t17-,20?,24+,25?. The Balaban J connectivity index is 1.33. The van der Waals surface area contributed by atoms with Crippen molar-refractivity contribution in [2.75, 3.05) is 13.1 Å². The van der Waals surface area contributed by atoms with Gasteiger partial charge in [0.2, 0.25) is 11.8 Å². The van der Waals surface area contributed by atoms with Gasteiger partial charge in [0.15, 0.2) is 0 Å². The Morgan fingerprint density at radius 2 is 1.79 bits per heavy atom. The van der Waals surface area contributed by atoms with Crippen LogP contribution in [0.4, 0.5) is 0 Å². The van der Waals surface area contributed by atoms with E-state index in [-0.39, 0.29) is 22.8 Å². The molecule has 4 rings (SSSR count). The Kier molecular flexibility index (Phi) is 4.83. The van der Waals surface area contributed by atoms with Crippen LogP contribution in [0.2, 0.25) is 0 Å².